The number of methoxy groups -OCH3 is 1. The summed E-state index contributed by atoms with van der Waals surface area (Å²) in [7, 11) is 1.39. The minimum absolute atomic E-state index is 0.297. The van der Waals surface area contributed by atoms with Crippen LogP contribution in [0.3, 0.4) is 0 Å². The number of carbonyl (C=O) groups excluding carboxylic acids is 1. The number of hydrogen-bond donors (Lipinski definition) is 1. The number of esters is 1. The highest BCUT2D eigenvalue weighted by atomic mass is 16.5. The molecule has 0 aliphatic carbocycles. The monoisotopic (exact) mass is 221 g/mol. The Morgan fingerprint density at radius 2 is 1.94 bits per heavy atom. The molecule has 3 nitrogen and oxygen atoms in total. The number of benzene rings is 1. The Morgan fingerprint density at radius 3 is 2.44 bits per heavy atom. The number of ether oxygens (including phenoxy) is 1. The molecule has 0 aliphatic rings. The van der Waals surface area contributed by atoms with E-state index in [1.54, 1.807) is 12.1 Å². The summed E-state index contributed by atoms with van der Waals surface area (Å²) in [5.74, 6) is 0.399. The molecular weight excluding hydrogens is 202 g/mol. The van der Waals surface area contributed by atoms with E-state index in [4.69, 9.17) is 0 Å². The normalized spacial score (nSPS) is 10.2. The van der Waals surface area contributed by atoms with Crippen molar-refractivity contribution in [3.05, 3.63) is 29.8 Å². The molecule has 0 aromatic heterocycles. The first kappa shape index (κ1) is 12.6. The second kappa shape index (κ2) is 6.16. The summed E-state index contributed by atoms with van der Waals surface area (Å²) >= 11 is 0. The quantitative estimate of drug-likeness (QED) is 0.777. The van der Waals surface area contributed by atoms with Gasteiger partial charge in [0.2, 0.25) is 0 Å². The number of hydrogen-bond acceptors (Lipinski definition) is 3. The van der Waals surface area contributed by atoms with Crippen LogP contribution in [-0.2, 0) is 4.74 Å². The van der Waals surface area contributed by atoms with Gasteiger partial charge in [-0.25, -0.2) is 4.79 Å². The predicted molar refractivity (Wildman–Crippen MR) is 65.7 cm³/mol. The largest absolute Gasteiger partial charge is 0.465 e. The topological polar surface area (TPSA) is 38.3 Å². The van der Waals surface area contributed by atoms with Gasteiger partial charge in [-0.1, -0.05) is 13.8 Å². The van der Waals surface area contributed by atoms with Crippen LogP contribution in [0.1, 0.15) is 30.6 Å². The summed E-state index contributed by atoms with van der Waals surface area (Å²) in [6.07, 6.45) is 1.14. The molecule has 0 aliphatic heterocycles. The molecule has 0 heterocycles. The first-order valence-corrected chi connectivity index (χ1v) is 5.55. The van der Waals surface area contributed by atoms with Crippen LogP contribution in [-0.4, -0.2) is 19.6 Å². The summed E-state index contributed by atoms with van der Waals surface area (Å²) in [4.78, 5) is 11.2. The van der Waals surface area contributed by atoms with Crippen LogP contribution < -0.4 is 5.32 Å². The molecule has 0 fully saturated rings. The first-order chi connectivity index (χ1) is 7.63. The highest BCUT2D eigenvalue weighted by Gasteiger charge is 2.03. The van der Waals surface area contributed by atoms with Gasteiger partial charge < -0.3 is 10.1 Å². The minimum atomic E-state index is -0.297. The maximum Gasteiger partial charge on any atom is 0.337 e. The van der Waals surface area contributed by atoms with Crippen molar-refractivity contribution in [2.75, 3.05) is 19.0 Å². The van der Waals surface area contributed by atoms with Gasteiger partial charge in [0.15, 0.2) is 0 Å². The van der Waals surface area contributed by atoms with Crippen LogP contribution >= 0.6 is 0 Å². The fourth-order valence-corrected chi connectivity index (χ4v) is 1.35. The van der Waals surface area contributed by atoms with Crippen molar-refractivity contribution in [1.29, 1.82) is 0 Å². The van der Waals surface area contributed by atoms with E-state index in [2.05, 4.69) is 23.9 Å². The molecule has 0 spiro atoms. The fraction of sp³-hybridized carbons (Fsp3) is 0.462. The van der Waals surface area contributed by atoms with Crippen LogP contribution in [0, 0.1) is 5.92 Å². The van der Waals surface area contributed by atoms with Crippen molar-refractivity contribution in [2.24, 2.45) is 5.92 Å². The second-order valence-electron chi connectivity index (χ2n) is 4.18. The zero-order chi connectivity index (χ0) is 12.0. The second-order valence-corrected chi connectivity index (χ2v) is 4.18. The van der Waals surface area contributed by atoms with Gasteiger partial charge in [0.1, 0.15) is 0 Å². The maximum atomic E-state index is 11.2. The van der Waals surface area contributed by atoms with Crippen molar-refractivity contribution in [1.82, 2.24) is 0 Å². The van der Waals surface area contributed by atoms with E-state index >= 15 is 0 Å². The molecule has 0 unspecified atom stereocenters. The van der Waals surface area contributed by atoms with Gasteiger partial charge in [-0.2, -0.15) is 0 Å². The predicted octanol–water partition coefficient (Wildman–Crippen LogP) is 2.93. The molecule has 0 atom stereocenters. The third-order valence-electron chi connectivity index (χ3n) is 2.36. The van der Waals surface area contributed by atoms with Crippen LogP contribution in [0.5, 0.6) is 0 Å². The van der Waals surface area contributed by atoms with Gasteiger partial charge >= 0.3 is 5.97 Å². The van der Waals surface area contributed by atoms with Crippen LogP contribution in [0.2, 0.25) is 0 Å². The number of carbonyl (C=O) groups is 1. The van der Waals surface area contributed by atoms with Gasteiger partial charge in [-0.3, -0.25) is 0 Å². The van der Waals surface area contributed by atoms with Crippen molar-refractivity contribution < 1.29 is 9.53 Å². The van der Waals surface area contributed by atoms with E-state index in [0.29, 0.717) is 11.5 Å². The van der Waals surface area contributed by atoms with E-state index in [-0.39, 0.29) is 5.97 Å². The summed E-state index contributed by atoms with van der Waals surface area (Å²) in [6, 6.07) is 7.33. The van der Waals surface area contributed by atoms with Gasteiger partial charge in [-0.15, -0.1) is 0 Å². The molecule has 0 saturated heterocycles. The lowest BCUT2D eigenvalue weighted by molar-refractivity contribution is 0.0601. The van der Waals surface area contributed by atoms with Crippen molar-refractivity contribution >= 4 is 11.7 Å². The standard InChI is InChI=1S/C13H19NO2/c1-10(2)8-9-14-12-6-4-11(5-7-12)13(15)16-3/h4-7,10,14H,8-9H2,1-3H3. The fourth-order valence-electron chi connectivity index (χ4n) is 1.35. The van der Waals surface area contributed by atoms with Gasteiger partial charge in [0.05, 0.1) is 12.7 Å². The van der Waals surface area contributed by atoms with Crippen LogP contribution in [0.25, 0.3) is 0 Å². The molecule has 88 valence electrons. The van der Waals surface area contributed by atoms with E-state index in [1.165, 1.54) is 7.11 Å². The summed E-state index contributed by atoms with van der Waals surface area (Å²) in [5, 5.41) is 3.31. The number of rotatable bonds is 5. The smallest absolute Gasteiger partial charge is 0.337 e. The minimum Gasteiger partial charge on any atom is -0.465 e. The lowest BCUT2D eigenvalue weighted by Gasteiger charge is -2.08. The van der Waals surface area contributed by atoms with E-state index in [9.17, 15) is 4.79 Å². The highest BCUT2D eigenvalue weighted by molar-refractivity contribution is 5.89. The maximum absolute atomic E-state index is 11.2. The van der Waals surface area contributed by atoms with E-state index < -0.39 is 0 Å². The molecule has 0 bridgehead atoms. The highest BCUT2D eigenvalue weighted by Crippen LogP contribution is 2.11. The first-order valence-electron chi connectivity index (χ1n) is 5.55. The Balaban J connectivity index is 2.48. The summed E-state index contributed by atoms with van der Waals surface area (Å²) in [5.41, 5.74) is 1.62. The van der Waals surface area contributed by atoms with Gasteiger partial charge in [0, 0.05) is 12.2 Å². The Kier molecular flexibility index (Phi) is 4.83. The molecule has 1 aromatic carbocycles. The summed E-state index contributed by atoms with van der Waals surface area (Å²) in [6.45, 7) is 5.35. The Labute approximate surface area is 96.8 Å². The molecule has 0 saturated carbocycles. The van der Waals surface area contributed by atoms with Crippen LogP contribution in [0.15, 0.2) is 24.3 Å². The number of nitrogens with one attached hydrogen (secondary N) is 1. The molecule has 16 heavy (non-hydrogen) atoms. The lowest BCUT2D eigenvalue weighted by Crippen LogP contribution is -2.05. The number of anilines is 1. The summed E-state index contributed by atoms with van der Waals surface area (Å²) < 4.78 is 4.63. The van der Waals surface area contributed by atoms with Crippen molar-refractivity contribution in [2.45, 2.75) is 20.3 Å². The van der Waals surface area contributed by atoms with E-state index in [1.807, 2.05) is 12.1 Å². The molecule has 1 rings (SSSR count). The molecule has 1 aromatic rings. The molecule has 0 radical (unpaired) electrons. The average Bonchev–Trinajstić information content (AvgIpc) is 2.28. The Bertz CT molecular complexity index is 330. The van der Waals surface area contributed by atoms with Gasteiger partial charge in [-0.05, 0) is 36.6 Å². The zero-order valence-electron chi connectivity index (χ0n) is 10.1. The molecule has 3 heteroatoms. The zero-order valence-corrected chi connectivity index (χ0v) is 10.1. The Hall–Kier alpha value is -1.51. The van der Waals surface area contributed by atoms with Crippen molar-refractivity contribution in [3.63, 3.8) is 0 Å². The Morgan fingerprint density at radius 1 is 1.31 bits per heavy atom. The molecular formula is C13H19NO2. The van der Waals surface area contributed by atoms with Gasteiger partial charge in [0.25, 0.3) is 0 Å². The van der Waals surface area contributed by atoms with Crippen molar-refractivity contribution in [3.8, 4) is 0 Å². The van der Waals surface area contributed by atoms with Crippen LogP contribution in [0.4, 0.5) is 5.69 Å². The van der Waals surface area contributed by atoms with E-state index in [0.717, 1.165) is 18.7 Å². The third kappa shape index (κ3) is 3.93. The molecule has 1 N–H and O–H groups in total. The lowest BCUT2D eigenvalue weighted by atomic mass is 10.1. The third-order valence-corrected chi connectivity index (χ3v) is 2.36. The molecule has 0 amide bonds. The SMILES string of the molecule is COC(=O)c1ccc(NCCC(C)C)cc1. The average molecular weight is 221 g/mol.